The SMILES string of the molecule is CCc1ccc(S(=O)(=O)CCOc2ccc(C(=O)Oc3ccc(OCCS(=O)(=O)c4cccc(C)c4)cc3C(=O)O)c(O)c2)cc1. The van der Waals surface area contributed by atoms with Crippen molar-refractivity contribution in [2.45, 2.75) is 30.1 Å². The zero-order valence-corrected chi connectivity index (χ0v) is 26.6. The summed E-state index contributed by atoms with van der Waals surface area (Å²) >= 11 is 0. The van der Waals surface area contributed by atoms with Gasteiger partial charge in [-0.3, -0.25) is 0 Å². The standard InChI is InChI=1S/C33H32O11S2/c1-3-23-7-11-26(12-8-23)45(38,39)17-15-43-25-9-13-28(30(34)21-25)33(37)44-31-14-10-24(20-29(31)32(35)36)42-16-18-46(40,41)27-6-4-5-22(2)19-27/h4-14,19-21,34H,3,15-18H2,1-2H3,(H,35,36). The number of carboxylic acids is 1. The summed E-state index contributed by atoms with van der Waals surface area (Å²) in [5.74, 6) is -3.90. The van der Waals surface area contributed by atoms with E-state index in [4.69, 9.17) is 14.2 Å². The normalized spacial score (nSPS) is 11.5. The Balaban J connectivity index is 1.36. The number of phenolic OH excluding ortho intramolecular Hbond substituents is 1. The lowest BCUT2D eigenvalue weighted by molar-refractivity contribution is 0.0680. The van der Waals surface area contributed by atoms with Crippen LogP contribution in [0.15, 0.2) is 94.7 Å². The van der Waals surface area contributed by atoms with Crippen LogP contribution in [0.25, 0.3) is 0 Å². The highest BCUT2D eigenvalue weighted by Crippen LogP contribution is 2.29. The summed E-state index contributed by atoms with van der Waals surface area (Å²) in [6, 6.07) is 20.2. The molecule has 0 heterocycles. The molecule has 2 N–H and O–H groups in total. The minimum atomic E-state index is -3.64. The third kappa shape index (κ3) is 8.64. The number of phenols is 1. The molecule has 0 aromatic heterocycles. The van der Waals surface area contributed by atoms with Gasteiger partial charge in [0.05, 0.1) is 21.3 Å². The second kappa shape index (κ2) is 14.5. The van der Waals surface area contributed by atoms with Gasteiger partial charge in [-0.25, -0.2) is 26.4 Å². The molecule has 0 amide bonds. The number of aromatic carboxylic acids is 1. The quantitative estimate of drug-likeness (QED) is 0.139. The van der Waals surface area contributed by atoms with Crippen LogP contribution in [0.5, 0.6) is 23.0 Å². The molecule has 0 saturated carbocycles. The fourth-order valence-electron chi connectivity index (χ4n) is 4.30. The lowest BCUT2D eigenvalue weighted by atomic mass is 10.1. The van der Waals surface area contributed by atoms with Crippen LogP contribution in [0.1, 0.15) is 38.8 Å². The van der Waals surface area contributed by atoms with Crippen molar-refractivity contribution in [3.63, 3.8) is 0 Å². The van der Waals surface area contributed by atoms with Crippen LogP contribution in [-0.4, -0.2) is 63.7 Å². The second-order valence-corrected chi connectivity index (χ2v) is 14.4. The van der Waals surface area contributed by atoms with E-state index < -0.39 is 42.9 Å². The van der Waals surface area contributed by atoms with E-state index in [-0.39, 0.29) is 57.3 Å². The van der Waals surface area contributed by atoms with Crippen LogP contribution in [0, 0.1) is 6.92 Å². The number of benzene rings is 4. The lowest BCUT2D eigenvalue weighted by Crippen LogP contribution is -2.15. The number of hydrogen-bond acceptors (Lipinski definition) is 10. The summed E-state index contributed by atoms with van der Waals surface area (Å²) in [4.78, 5) is 25.0. The van der Waals surface area contributed by atoms with Gasteiger partial charge >= 0.3 is 11.9 Å². The molecule has 0 atom stereocenters. The second-order valence-electron chi connectivity index (χ2n) is 10.2. The van der Waals surface area contributed by atoms with Gasteiger partial charge in [-0.05, 0) is 79.1 Å². The number of hydrogen-bond donors (Lipinski definition) is 2. The van der Waals surface area contributed by atoms with Gasteiger partial charge in [0, 0.05) is 6.07 Å². The van der Waals surface area contributed by atoms with Gasteiger partial charge in [-0.2, -0.15) is 0 Å². The Morgan fingerprint density at radius 3 is 1.91 bits per heavy atom. The summed E-state index contributed by atoms with van der Waals surface area (Å²) in [7, 11) is -7.24. The number of sulfone groups is 2. The number of carboxylic acid groups (broad SMARTS) is 1. The maximum absolute atomic E-state index is 12.8. The van der Waals surface area contributed by atoms with E-state index in [0.29, 0.717) is 0 Å². The molecule has 0 aliphatic heterocycles. The van der Waals surface area contributed by atoms with Crippen LogP contribution in [-0.2, 0) is 26.1 Å². The van der Waals surface area contributed by atoms with E-state index in [9.17, 15) is 36.6 Å². The molecular formula is C33H32O11S2. The van der Waals surface area contributed by atoms with Gasteiger partial charge in [0.2, 0.25) is 0 Å². The number of rotatable bonds is 14. The molecule has 0 aliphatic rings. The highest BCUT2D eigenvalue weighted by Gasteiger charge is 2.21. The van der Waals surface area contributed by atoms with Gasteiger partial charge in [0.1, 0.15) is 47.3 Å². The summed E-state index contributed by atoms with van der Waals surface area (Å²) in [6.45, 7) is 3.27. The van der Waals surface area contributed by atoms with Gasteiger partial charge in [-0.15, -0.1) is 0 Å². The largest absolute Gasteiger partial charge is 0.507 e. The zero-order valence-electron chi connectivity index (χ0n) is 25.0. The summed E-state index contributed by atoms with van der Waals surface area (Å²) in [5.41, 5.74) is 1.06. The topological polar surface area (TPSA) is 171 Å². The maximum atomic E-state index is 12.8. The number of aromatic hydroxyl groups is 1. The van der Waals surface area contributed by atoms with Gasteiger partial charge in [0.15, 0.2) is 19.7 Å². The third-order valence-corrected chi connectivity index (χ3v) is 10.2. The third-order valence-electron chi connectivity index (χ3n) is 6.85. The Hall–Kier alpha value is -4.88. The molecule has 0 spiro atoms. The highest BCUT2D eigenvalue weighted by molar-refractivity contribution is 7.91. The Labute approximate surface area is 266 Å². The molecule has 46 heavy (non-hydrogen) atoms. The van der Waals surface area contributed by atoms with Crippen molar-refractivity contribution in [2.24, 2.45) is 0 Å². The van der Waals surface area contributed by atoms with E-state index in [1.807, 2.05) is 6.92 Å². The number of carbonyl (C=O) groups is 2. The molecule has 242 valence electrons. The first-order valence-corrected chi connectivity index (χ1v) is 17.4. The predicted octanol–water partition coefficient (Wildman–Crippen LogP) is 4.89. The number of ether oxygens (including phenoxy) is 3. The average molecular weight is 669 g/mol. The molecule has 11 nitrogen and oxygen atoms in total. The minimum Gasteiger partial charge on any atom is -0.507 e. The van der Waals surface area contributed by atoms with Gasteiger partial charge in [-0.1, -0.05) is 31.2 Å². The van der Waals surface area contributed by atoms with Crippen molar-refractivity contribution in [3.05, 3.63) is 107 Å². The van der Waals surface area contributed by atoms with E-state index in [1.165, 1.54) is 42.5 Å². The Morgan fingerprint density at radius 1 is 0.717 bits per heavy atom. The summed E-state index contributed by atoms with van der Waals surface area (Å²) in [5, 5.41) is 20.1. The summed E-state index contributed by atoms with van der Waals surface area (Å²) in [6.07, 6.45) is 0.782. The Bertz CT molecular complexity index is 1950. The van der Waals surface area contributed by atoms with Crippen molar-refractivity contribution in [2.75, 3.05) is 24.7 Å². The van der Waals surface area contributed by atoms with Crippen LogP contribution in [0.4, 0.5) is 0 Å². The number of carbonyl (C=O) groups excluding carboxylic acids is 1. The summed E-state index contributed by atoms with van der Waals surface area (Å²) < 4.78 is 66.5. The van der Waals surface area contributed by atoms with Crippen LogP contribution < -0.4 is 14.2 Å². The molecule has 0 fully saturated rings. The Morgan fingerprint density at radius 2 is 1.33 bits per heavy atom. The Kier molecular flexibility index (Phi) is 10.7. The van der Waals surface area contributed by atoms with Crippen LogP contribution >= 0.6 is 0 Å². The van der Waals surface area contributed by atoms with Crippen LogP contribution in [0.3, 0.4) is 0 Å². The van der Waals surface area contributed by atoms with E-state index in [2.05, 4.69) is 0 Å². The van der Waals surface area contributed by atoms with Crippen LogP contribution in [0.2, 0.25) is 0 Å². The van der Waals surface area contributed by atoms with E-state index >= 15 is 0 Å². The number of aryl methyl sites for hydroxylation is 2. The molecule has 0 saturated heterocycles. The van der Waals surface area contributed by atoms with Crippen molar-refractivity contribution < 1.29 is 50.8 Å². The average Bonchev–Trinajstić information content (AvgIpc) is 3.01. The fourth-order valence-corrected chi connectivity index (χ4v) is 6.58. The molecule has 4 aromatic carbocycles. The molecule has 4 rings (SSSR count). The predicted molar refractivity (Wildman–Crippen MR) is 169 cm³/mol. The van der Waals surface area contributed by atoms with E-state index in [1.54, 1.807) is 37.3 Å². The first-order chi connectivity index (χ1) is 21.8. The van der Waals surface area contributed by atoms with Gasteiger partial charge < -0.3 is 24.4 Å². The first-order valence-electron chi connectivity index (χ1n) is 14.1. The van der Waals surface area contributed by atoms with Crippen molar-refractivity contribution in [1.82, 2.24) is 0 Å². The minimum absolute atomic E-state index is 0.0426. The number of esters is 1. The zero-order chi connectivity index (χ0) is 33.5. The van der Waals surface area contributed by atoms with Crippen molar-refractivity contribution >= 4 is 31.6 Å². The molecular weight excluding hydrogens is 636 g/mol. The molecule has 0 unspecified atom stereocenters. The lowest BCUT2D eigenvalue weighted by Gasteiger charge is -2.12. The van der Waals surface area contributed by atoms with Crippen molar-refractivity contribution in [3.8, 4) is 23.0 Å². The fraction of sp³-hybridized carbons (Fsp3) is 0.212. The highest BCUT2D eigenvalue weighted by atomic mass is 32.2. The molecule has 0 radical (unpaired) electrons. The molecule has 4 aromatic rings. The van der Waals surface area contributed by atoms with Gasteiger partial charge in [0.25, 0.3) is 0 Å². The smallest absolute Gasteiger partial charge is 0.347 e. The maximum Gasteiger partial charge on any atom is 0.347 e. The van der Waals surface area contributed by atoms with E-state index in [0.717, 1.165) is 29.7 Å². The van der Waals surface area contributed by atoms with Crippen molar-refractivity contribution in [1.29, 1.82) is 0 Å². The monoisotopic (exact) mass is 668 g/mol. The molecule has 13 heteroatoms. The molecule has 0 aliphatic carbocycles. The first kappa shape index (κ1) is 34.0. The molecule has 0 bridgehead atoms.